The molecule has 2 aromatic rings. The lowest BCUT2D eigenvalue weighted by molar-refractivity contribution is 0.0902. The van der Waals surface area contributed by atoms with Gasteiger partial charge >= 0.3 is 0 Å². The fourth-order valence-corrected chi connectivity index (χ4v) is 2.55. The molecule has 7 N–H and O–H groups in total. The molecule has 0 saturated carbocycles. The molecule has 2 rings (SSSR count). The highest BCUT2D eigenvalue weighted by molar-refractivity contribution is 5.98. The molecule has 28 heavy (non-hydrogen) atoms. The Labute approximate surface area is 160 Å². The van der Waals surface area contributed by atoms with E-state index in [2.05, 4.69) is 10.6 Å². The fourth-order valence-electron chi connectivity index (χ4n) is 2.55. The number of benzene rings is 2. The van der Waals surface area contributed by atoms with Gasteiger partial charge in [-0.25, -0.2) is 0 Å². The second-order valence-electron chi connectivity index (χ2n) is 6.10. The van der Waals surface area contributed by atoms with Crippen molar-refractivity contribution in [1.82, 2.24) is 10.6 Å². The lowest BCUT2D eigenvalue weighted by Crippen LogP contribution is -2.38. The third-order valence-corrected chi connectivity index (χ3v) is 4.09. The van der Waals surface area contributed by atoms with Gasteiger partial charge in [-0.3, -0.25) is 9.59 Å². The molecule has 0 unspecified atom stereocenters. The van der Waals surface area contributed by atoms with Crippen molar-refractivity contribution in [1.29, 1.82) is 0 Å². The maximum absolute atomic E-state index is 12.2. The van der Waals surface area contributed by atoms with Crippen molar-refractivity contribution in [3.63, 3.8) is 0 Å². The van der Waals surface area contributed by atoms with Gasteiger partial charge in [-0.05, 0) is 37.1 Å². The normalized spacial score (nSPS) is 11.6. The van der Waals surface area contributed by atoms with Crippen molar-refractivity contribution in [2.24, 2.45) is 0 Å². The molecule has 150 valence electrons. The number of nitrogens with one attached hydrogen (secondary N) is 2. The van der Waals surface area contributed by atoms with Crippen LogP contribution in [0.1, 0.15) is 33.6 Å². The maximum Gasteiger partial charge on any atom is 0.255 e. The summed E-state index contributed by atoms with van der Waals surface area (Å²) in [6.07, 6.45) is 0.733. The molecule has 9 nitrogen and oxygen atoms in total. The van der Waals surface area contributed by atoms with E-state index in [1.54, 1.807) is 0 Å². The minimum absolute atomic E-state index is 0.0635. The van der Waals surface area contributed by atoms with Crippen molar-refractivity contribution in [2.75, 3.05) is 13.2 Å². The molecule has 0 fully saturated rings. The van der Waals surface area contributed by atoms with Gasteiger partial charge in [0.1, 0.15) is 0 Å². The lowest BCUT2D eigenvalue weighted by atomic mass is 10.1. The molecule has 0 aliphatic rings. The monoisotopic (exact) mass is 390 g/mol. The first-order valence-corrected chi connectivity index (χ1v) is 8.57. The number of hydrogen-bond donors (Lipinski definition) is 7. The highest BCUT2D eigenvalue weighted by atomic mass is 16.3. The van der Waals surface area contributed by atoms with Gasteiger partial charge in [-0.15, -0.1) is 0 Å². The van der Waals surface area contributed by atoms with Crippen LogP contribution in [0.15, 0.2) is 36.4 Å². The summed E-state index contributed by atoms with van der Waals surface area (Å²) >= 11 is 0. The van der Waals surface area contributed by atoms with Crippen molar-refractivity contribution in [3.8, 4) is 23.0 Å². The van der Waals surface area contributed by atoms with E-state index in [4.69, 9.17) is 0 Å². The summed E-state index contributed by atoms with van der Waals surface area (Å²) in [6, 6.07) is 7.40. The smallest absolute Gasteiger partial charge is 0.255 e. The van der Waals surface area contributed by atoms with Crippen LogP contribution in [0.2, 0.25) is 0 Å². The number of hydrogen-bond acceptors (Lipinski definition) is 7. The second kappa shape index (κ2) is 9.47. The summed E-state index contributed by atoms with van der Waals surface area (Å²) in [6.45, 7) is -0.149. The van der Waals surface area contributed by atoms with Gasteiger partial charge in [0, 0.05) is 6.54 Å². The Balaban J connectivity index is 1.84. The van der Waals surface area contributed by atoms with Crippen LogP contribution >= 0.6 is 0 Å². The molecule has 0 spiro atoms. The van der Waals surface area contributed by atoms with Gasteiger partial charge < -0.3 is 36.2 Å². The Bertz CT molecular complexity index is 854. The van der Waals surface area contributed by atoms with E-state index >= 15 is 0 Å². The van der Waals surface area contributed by atoms with Gasteiger partial charge in [0.25, 0.3) is 11.8 Å². The Hall–Kier alpha value is -3.46. The van der Waals surface area contributed by atoms with Gasteiger partial charge in [0.15, 0.2) is 23.0 Å². The Kier molecular flexibility index (Phi) is 7.05. The van der Waals surface area contributed by atoms with Crippen molar-refractivity contribution in [3.05, 3.63) is 47.5 Å². The van der Waals surface area contributed by atoms with E-state index < -0.39 is 40.9 Å². The first-order valence-electron chi connectivity index (χ1n) is 8.57. The van der Waals surface area contributed by atoms with Gasteiger partial charge in [0.2, 0.25) is 0 Å². The molecule has 0 aliphatic heterocycles. The topological polar surface area (TPSA) is 159 Å². The number of phenolic OH excluding ortho intramolecular Hbond substituents is 4. The average Bonchev–Trinajstić information content (AvgIpc) is 2.68. The fraction of sp³-hybridized carbons (Fsp3) is 0.263. The van der Waals surface area contributed by atoms with Gasteiger partial charge in [-0.1, -0.05) is 12.1 Å². The van der Waals surface area contributed by atoms with E-state index in [1.807, 2.05) is 0 Å². The second-order valence-corrected chi connectivity index (χ2v) is 6.10. The summed E-state index contributed by atoms with van der Waals surface area (Å²) < 4.78 is 0. The first kappa shape index (κ1) is 20.8. The molecule has 0 heterocycles. The number of phenols is 4. The Morgan fingerprint density at radius 1 is 0.857 bits per heavy atom. The number of carbonyl (C=O) groups is 2. The highest BCUT2D eigenvalue weighted by Gasteiger charge is 2.18. The quantitative estimate of drug-likeness (QED) is 0.259. The number of amides is 2. The third kappa shape index (κ3) is 5.04. The van der Waals surface area contributed by atoms with E-state index in [0.717, 1.165) is 0 Å². The Morgan fingerprint density at radius 2 is 1.39 bits per heavy atom. The van der Waals surface area contributed by atoms with Crippen LogP contribution in [0.5, 0.6) is 23.0 Å². The van der Waals surface area contributed by atoms with Gasteiger partial charge in [-0.2, -0.15) is 0 Å². The highest BCUT2D eigenvalue weighted by Crippen LogP contribution is 2.28. The average molecular weight is 390 g/mol. The summed E-state index contributed by atoms with van der Waals surface area (Å²) in [4.78, 5) is 24.2. The minimum atomic E-state index is -0.652. The van der Waals surface area contributed by atoms with E-state index in [9.17, 15) is 35.1 Å². The molecular weight excluding hydrogens is 368 g/mol. The van der Waals surface area contributed by atoms with Crippen LogP contribution in [0.4, 0.5) is 0 Å². The number of aromatic hydroxyl groups is 4. The van der Waals surface area contributed by atoms with Crippen LogP contribution in [-0.4, -0.2) is 56.5 Å². The minimum Gasteiger partial charge on any atom is -0.504 e. The van der Waals surface area contributed by atoms with Crippen molar-refractivity contribution in [2.45, 2.75) is 18.9 Å². The van der Waals surface area contributed by atoms with E-state index in [0.29, 0.717) is 12.8 Å². The molecule has 0 aromatic heterocycles. The summed E-state index contributed by atoms with van der Waals surface area (Å²) in [7, 11) is 0. The van der Waals surface area contributed by atoms with Crippen LogP contribution < -0.4 is 10.6 Å². The number of carbonyl (C=O) groups excluding carboxylic acids is 2. The molecule has 1 atom stereocenters. The molecule has 0 aliphatic carbocycles. The number of rotatable bonds is 8. The zero-order chi connectivity index (χ0) is 20.7. The molecule has 2 amide bonds. The summed E-state index contributed by atoms with van der Waals surface area (Å²) in [5.74, 6) is -3.10. The molecule has 0 bridgehead atoms. The zero-order valence-corrected chi connectivity index (χ0v) is 14.9. The van der Waals surface area contributed by atoms with Crippen LogP contribution in [0.25, 0.3) is 0 Å². The van der Waals surface area contributed by atoms with Gasteiger partial charge in [0.05, 0.1) is 23.8 Å². The van der Waals surface area contributed by atoms with Crippen LogP contribution in [0, 0.1) is 0 Å². The van der Waals surface area contributed by atoms with Crippen molar-refractivity contribution < 1.29 is 35.1 Å². The predicted octanol–water partition coefficient (Wildman–Crippen LogP) is 0.810. The molecule has 9 heteroatoms. The molecular formula is C19H22N2O7. The molecule has 0 saturated heterocycles. The summed E-state index contributed by atoms with van der Waals surface area (Å²) in [5.41, 5.74) is -0.183. The standard InChI is InChI=1S/C19H22N2O7/c22-10-11(21-19(28)13-6-2-8-15(24)17(13)26)4-3-9-20-18(27)12-5-1-7-14(23)16(12)25/h1-2,5-8,11,22-26H,3-4,9-10H2,(H,20,27)(H,21,28)/t11-/m0/s1. The largest absolute Gasteiger partial charge is 0.504 e. The maximum atomic E-state index is 12.2. The Morgan fingerprint density at radius 3 is 1.93 bits per heavy atom. The third-order valence-electron chi connectivity index (χ3n) is 4.09. The van der Waals surface area contributed by atoms with E-state index in [1.165, 1.54) is 36.4 Å². The molecule has 0 radical (unpaired) electrons. The van der Waals surface area contributed by atoms with Crippen LogP contribution in [-0.2, 0) is 0 Å². The predicted molar refractivity (Wildman–Crippen MR) is 99.5 cm³/mol. The SMILES string of the molecule is O=C(NCCC[C@@H](CO)NC(=O)c1cccc(O)c1O)c1cccc(O)c1O. The first-order chi connectivity index (χ1) is 13.3. The van der Waals surface area contributed by atoms with E-state index in [-0.39, 0.29) is 24.3 Å². The molecule has 2 aromatic carbocycles. The number of aliphatic hydroxyl groups is 1. The van der Waals surface area contributed by atoms with Crippen molar-refractivity contribution >= 4 is 11.8 Å². The summed E-state index contributed by atoms with van der Waals surface area (Å²) in [5, 5.41) is 52.8. The zero-order valence-electron chi connectivity index (χ0n) is 14.9. The lowest BCUT2D eigenvalue weighted by Gasteiger charge is -2.17. The number of aliphatic hydroxyl groups excluding tert-OH is 1. The van der Waals surface area contributed by atoms with Crippen LogP contribution in [0.3, 0.4) is 0 Å². The number of para-hydroxylation sites is 2.